The Labute approximate surface area is 163 Å². The number of morpholine rings is 1. The van der Waals surface area contributed by atoms with Gasteiger partial charge in [-0.15, -0.1) is 0 Å². The van der Waals surface area contributed by atoms with Crippen LogP contribution in [0.5, 0.6) is 0 Å². The van der Waals surface area contributed by atoms with Gasteiger partial charge in [-0.1, -0.05) is 61.7 Å². The maximum atomic E-state index is 6.04. The monoisotopic (exact) mass is 362 g/mol. The molecule has 0 bridgehead atoms. The average molecular weight is 363 g/mol. The highest BCUT2D eigenvalue weighted by molar-refractivity contribution is 5.48. The minimum absolute atomic E-state index is 0.142. The number of rotatable bonds is 5. The number of nitrogens with one attached hydrogen (secondary N) is 1. The van der Waals surface area contributed by atoms with Gasteiger partial charge in [0, 0.05) is 24.8 Å². The molecule has 1 N–H and O–H groups in total. The minimum Gasteiger partial charge on any atom is -0.382 e. The maximum Gasteiger partial charge on any atom is 0.1000 e. The molecule has 3 nitrogen and oxygen atoms in total. The summed E-state index contributed by atoms with van der Waals surface area (Å²) in [5.74, 6) is 0. The fraction of sp³-hybridized carbons (Fsp3) is 0.417. The van der Waals surface area contributed by atoms with E-state index in [-0.39, 0.29) is 6.10 Å². The number of ether oxygens (including phenoxy) is 1. The van der Waals surface area contributed by atoms with Crippen LogP contribution < -0.4 is 5.32 Å². The lowest BCUT2D eigenvalue weighted by Gasteiger charge is -2.32. The van der Waals surface area contributed by atoms with E-state index in [9.17, 15) is 0 Å². The summed E-state index contributed by atoms with van der Waals surface area (Å²) in [5, 5.41) is 3.70. The van der Waals surface area contributed by atoms with Crippen LogP contribution in [0.15, 0.2) is 60.8 Å². The smallest absolute Gasteiger partial charge is 0.1000 e. The molecule has 3 heteroatoms. The Hall–Kier alpha value is -2.26. The first-order valence-corrected chi connectivity index (χ1v) is 10.3. The van der Waals surface area contributed by atoms with Crippen LogP contribution in [0.4, 0.5) is 5.69 Å². The van der Waals surface area contributed by atoms with Crippen molar-refractivity contribution in [2.24, 2.45) is 0 Å². The molecule has 1 unspecified atom stereocenters. The van der Waals surface area contributed by atoms with Crippen LogP contribution in [-0.2, 0) is 4.74 Å². The number of benzene rings is 2. The van der Waals surface area contributed by atoms with Gasteiger partial charge < -0.3 is 15.0 Å². The number of hydrogen-bond acceptors (Lipinski definition) is 3. The third kappa shape index (κ3) is 5.14. The standard InChI is InChI=1S/C24H30N2O/c1-3-7-20(8-4-1)15-16-26-17-18-27-24(19-26)21-11-13-23(14-12-21)25-22-9-5-2-6-10-22/h1,3-4,7-8,11-16,22,24-25H,2,5-6,9-10,17-19H2. The van der Waals surface area contributed by atoms with E-state index >= 15 is 0 Å². The van der Waals surface area contributed by atoms with Crippen LogP contribution in [0.1, 0.15) is 49.3 Å². The molecule has 2 aromatic rings. The Kier molecular flexibility index (Phi) is 6.10. The van der Waals surface area contributed by atoms with Crippen molar-refractivity contribution in [1.29, 1.82) is 0 Å². The van der Waals surface area contributed by atoms with E-state index in [4.69, 9.17) is 4.74 Å². The lowest BCUT2D eigenvalue weighted by atomic mass is 9.95. The molecule has 142 valence electrons. The van der Waals surface area contributed by atoms with Crippen molar-refractivity contribution in [3.05, 3.63) is 71.9 Å². The maximum absolute atomic E-state index is 6.04. The summed E-state index contributed by atoms with van der Waals surface area (Å²) in [6.45, 7) is 2.62. The third-order valence-electron chi connectivity index (χ3n) is 5.63. The zero-order chi connectivity index (χ0) is 18.3. The van der Waals surface area contributed by atoms with E-state index in [0.29, 0.717) is 6.04 Å². The fourth-order valence-electron chi connectivity index (χ4n) is 4.04. The summed E-state index contributed by atoms with van der Waals surface area (Å²) in [5.41, 5.74) is 3.74. The molecule has 1 saturated carbocycles. The first kappa shape index (κ1) is 18.1. The average Bonchev–Trinajstić information content (AvgIpc) is 2.75. The van der Waals surface area contributed by atoms with Gasteiger partial charge in [-0.2, -0.15) is 0 Å². The highest BCUT2D eigenvalue weighted by atomic mass is 16.5. The van der Waals surface area contributed by atoms with Gasteiger partial charge in [0.1, 0.15) is 0 Å². The molecule has 2 aromatic carbocycles. The first-order valence-electron chi connectivity index (χ1n) is 10.3. The first-order chi connectivity index (χ1) is 13.4. The quantitative estimate of drug-likeness (QED) is 0.763. The van der Waals surface area contributed by atoms with Crippen LogP contribution in [0.2, 0.25) is 0 Å². The van der Waals surface area contributed by atoms with Crippen LogP contribution in [0.3, 0.4) is 0 Å². The van der Waals surface area contributed by atoms with Crippen LogP contribution >= 0.6 is 0 Å². The van der Waals surface area contributed by atoms with Crippen molar-refractivity contribution in [3.8, 4) is 0 Å². The van der Waals surface area contributed by atoms with Crippen LogP contribution in [0, 0.1) is 0 Å². The molecule has 1 aliphatic heterocycles. The molecular weight excluding hydrogens is 332 g/mol. The Morgan fingerprint density at radius 2 is 1.70 bits per heavy atom. The van der Waals surface area contributed by atoms with E-state index in [2.05, 4.69) is 77.1 Å². The summed E-state index contributed by atoms with van der Waals surface area (Å²) >= 11 is 0. The van der Waals surface area contributed by atoms with Gasteiger partial charge in [0.25, 0.3) is 0 Å². The second kappa shape index (κ2) is 9.09. The zero-order valence-corrected chi connectivity index (χ0v) is 16.0. The molecule has 0 radical (unpaired) electrons. The highest BCUT2D eigenvalue weighted by Crippen LogP contribution is 2.26. The molecule has 0 aromatic heterocycles. The third-order valence-corrected chi connectivity index (χ3v) is 5.63. The predicted molar refractivity (Wildman–Crippen MR) is 113 cm³/mol. The minimum atomic E-state index is 0.142. The van der Waals surface area contributed by atoms with Crippen molar-refractivity contribution in [2.45, 2.75) is 44.2 Å². The van der Waals surface area contributed by atoms with E-state index in [1.165, 1.54) is 48.9 Å². The molecule has 2 fully saturated rings. The number of anilines is 1. The molecule has 27 heavy (non-hydrogen) atoms. The van der Waals surface area contributed by atoms with Crippen LogP contribution in [-0.4, -0.2) is 30.6 Å². The molecule has 2 aliphatic rings. The van der Waals surface area contributed by atoms with Crippen molar-refractivity contribution in [3.63, 3.8) is 0 Å². The molecule has 1 aliphatic carbocycles. The van der Waals surface area contributed by atoms with Gasteiger partial charge in [-0.05, 0) is 48.4 Å². The lowest BCUT2D eigenvalue weighted by molar-refractivity contribution is -0.0135. The summed E-state index contributed by atoms with van der Waals surface area (Å²) in [7, 11) is 0. The zero-order valence-electron chi connectivity index (χ0n) is 16.0. The summed E-state index contributed by atoms with van der Waals surface area (Å²) < 4.78 is 6.04. The van der Waals surface area contributed by atoms with Gasteiger partial charge in [0.2, 0.25) is 0 Å². The van der Waals surface area contributed by atoms with E-state index in [0.717, 1.165) is 19.7 Å². The predicted octanol–water partition coefficient (Wildman–Crippen LogP) is 5.48. The van der Waals surface area contributed by atoms with Gasteiger partial charge in [-0.3, -0.25) is 0 Å². The normalized spacial score (nSPS) is 21.5. The largest absolute Gasteiger partial charge is 0.382 e. The molecule has 1 heterocycles. The molecule has 1 saturated heterocycles. The summed E-state index contributed by atoms with van der Waals surface area (Å²) in [6, 6.07) is 20.0. The SMILES string of the molecule is C(=CN1CCOC(c2ccc(NC3CCCCC3)cc2)C1)c1ccccc1. The topological polar surface area (TPSA) is 24.5 Å². The van der Waals surface area contributed by atoms with Gasteiger partial charge >= 0.3 is 0 Å². The van der Waals surface area contributed by atoms with E-state index in [1.807, 2.05) is 0 Å². The molecule has 0 amide bonds. The molecule has 0 spiro atoms. The molecule has 4 rings (SSSR count). The van der Waals surface area contributed by atoms with Crippen molar-refractivity contribution >= 4 is 11.8 Å². The molecular formula is C24H30N2O. The highest BCUT2D eigenvalue weighted by Gasteiger charge is 2.20. The second-order valence-corrected chi connectivity index (χ2v) is 7.68. The van der Waals surface area contributed by atoms with Crippen molar-refractivity contribution in [2.75, 3.05) is 25.0 Å². The number of nitrogens with zero attached hydrogens (tertiary/aromatic N) is 1. The van der Waals surface area contributed by atoms with E-state index in [1.54, 1.807) is 0 Å². The Morgan fingerprint density at radius 3 is 2.48 bits per heavy atom. The van der Waals surface area contributed by atoms with Gasteiger partial charge in [0.05, 0.1) is 12.7 Å². The Morgan fingerprint density at radius 1 is 0.926 bits per heavy atom. The number of hydrogen-bond donors (Lipinski definition) is 1. The lowest BCUT2D eigenvalue weighted by Crippen LogP contribution is -2.34. The van der Waals surface area contributed by atoms with Gasteiger partial charge in [0.15, 0.2) is 0 Å². The Bertz CT molecular complexity index is 720. The van der Waals surface area contributed by atoms with Crippen molar-refractivity contribution < 1.29 is 4.74 Å². The Balaban J connectivity index is 1.34. The second-order valence-electron chi connectivity index (χ2n) is 7.68. The summed E-state index contributed by atoms with van der Waals surface area (Å²) in [4.78, 5) is 2.36. The van der Waals surface area contributed by atoms with Gasteiger partial charge in [-0.25, -0.2) is 0 Å². The van der Waals surface area contributed by atoms with Crippen molar-refractivity contribution in [1.82, 2.24) is 4.90 Å². The molecule has 1 atom stereocenters. The van der Waals surface area contributed by atoms with Crippen LogP contribution in [0.25, 0.3) is 6.08 Å². The fourth-order valence-corrected chi connectivity index (χ4v) is 4.04. The van der Waals surface area contributed by atoms with E-state index < -0.39 is 0 Å². The summed E-state index contributed by atoms with van der Waals surface area (Å²) in [6.07, 6.45) is 11.2.